The average Bonchev–Trinajstić information content (AvgIpc) is 2.38. The molecule has 1 aromatic rings. The zero-order valence-corrected chi connectivity index (χ0v) is 11.3. The van der Waals surface area contributed by atoms with Crippen LogP contribution in [0.3, 0.4) is 0 Å². The molecule has 2 N–H and O–H groups in total. The van der Waals surface area contributed by atoms with Gasteiger partial charge in [-0.05, 0) is 32.5 Å². The number of rotatable bonds is 7. The number of hydrogen-bond donors (Lipinski definition) is 2. The molecule has 4 heteroatoms. The van der Waals surface area contributed by atoms with E-state index in [9.17, 15) is 4.79 Å². The Kier molecular flexibility index (Phi) is 5.65. The molecule has 0 spiro atoms. The number of carbonyl (C=O) groups is 1. The van der Waals surface area contributed by atoms with Crippen molar-refractivity contribution in [1.29, 1.82) is 0 Å². The molecule has 0 heterocycles. The van der Waals surface area contributed by atoms with E-state index in [-0.39, 0.29) is 0 Å². The number of nitrogens with one attached hydrogen (secondary N) is 1. The molecule has 18 heavy (non-hydrogen) atoms. The maximum atomic E-state index is 11.0. The summed E-state index contributed by atoms with van der Waals surface area (Å²) in [5.74, 6) is -0.895. The van der Waals surface area contributed by atoms with Gasteiger partial charge >= 0.3 is 5.97 Å². The molecule has 1 atom stereocenters. The predicted molar refractivity (Wildman–Crippen MR) is 74.3 cm³/mol. The minimum Gasteiger partial charge on any atom is -0.478 e. The van der Waals surface area contributed by atoms with Gasteiger partial charge in [0.15, 0.2) is 0 Å². The first-order valence-corrected chi connectivity index (χ1v) is 6.32. The number of carboxylic acid groups (broad SMARTS) is 1. The van der Waals surface area contributed by atoms with Crippen molar-refractivity contribution in [3.63, 3.8) is 0 Å². The highest BCUT2D eigenvalue weighted by atomic mass is 16.4. The van der Waals surface area contributed by atoms with Gasteiger partial charge < -0.3 is 15.3 Å². The van der Waals surface area contributed by atoms with Gasteiger partial charge in [0, 0.05) is 24.8 Å². The summed E-state index contributed by atoms with van der Waals surface area (Å²) in [6, 6.07) is 7.53. The van der Waals surface area contributed by atoms with Crippen molar-refractivity contribution in [2.24, 2.45) is 0 Å². The number of likely N-dealkylation sites (N-methyl/N-ethyl adjacent to an activating group) is 1. The fraction of sp³-hybridized carbons (Fsp3) is 0.500. The molecule has 0 aliphatic carbocycles. The van der Waals surface area contributed by atoms with E-state index in [1.807, 2.05) is 6.07 Å². The molecule has 0 fully saturated rings. The molecule has 0 bridgehead atoms. The number of anilines is 1. The number of carboxylic acids is 1. The van der Waals surface area contributed by atoms with E-state index in [4.69, 9.17) is 5.11 Å². The maximum absolute atomic E-state index is 11.0. The number of para-hydroxylation sites is 1. The lowest BCUT2D eigenvalue weighted by Gasteiger charge is -2.23. The van der Waals surface area contributed by atoms with Gasteiger partial charge in [0.05, 0.1) is 5.56 Å². The number of aromatic carboxylic acids is 1. The van der Waals surface area contributed by atoms with Gasteiger partial charge in [-0.1, -0.05) is 19.1 Å². The topological polar surface area (TPSA) is 52.6 Å². The summed E-state index contributed by atoms with van der Waals surface area (Å²) in [5, 5.41) is 12.2. The van der Waals surface area contributed by atoms with E-state index in [1.165, 1.54) is 0 Å². The van der Waals surface area contributed by atoms with E-state index in [0.717, 1.165) is 19.5 Å². The Labute approximate surface area is 109 Å². The van der Waals surface area contributed by atoms with Crippen LogP contribution < -0.4 is 5.32 Å². The van der Waals surface area contributed by atoms with Crippen LogP contribution in [0.2, 0.25) is 0 Å². The van der Waals surface area contributed by atoms with Crippen molar-refractivity contribution in [1.82, 2.24) is 4.90 Å². The summed E-state index contributed by atoms with van der Waals surface area (Å²) < 4.78 is 0. The Hall–Kier alpha value is -1.55. The molecule has 0 radical (unpaired) electrons. The first-order chi connectivity index (χ1) is 8.56. The quantitative estimate of drug-likeness (QED) is 0.781. The molecule has 0 amide bonds. The van der Waals surface area contributed by atoms with Crippen LogP contribution in [-0.4, -0.2) is 42.2 Å². The normalized spacial score (nSPS) is 12.4. The monoisotopic (exact) mass is 250 g/mol. The standard InChI is InChI=1S/C14H22N2O2/c1-4-11(2)16(3)10-9-15-13-8-6-5-7-12(13)14(17)18/h5-8,11,15H,4,9-10H2,1-3H3,(H,17,18). The summed E-state index contributed by atoms with van der Waals surface area (Å²) in [4.78, 5) is 13.3. The van der Waals surface area contributed by atoms with Crippen molar-refractivity contribution in [3.05, 3.63) is 29.8 Å². The molecule has 1 rings (SSSR count). The highest BCUT2D eigenvalue weighted by molar-refractivity contribution is 5.94. The van der Waals surface area contributed by atoms with Crippen molar-refractivity contribution in [2.75, 3.05) is 25.5 Å². The van der Waals surface area contributed by atoms with Gasteiger partial charge in [0.2, 0.25) is 0 Å². The van der Waals surface area contributed by atoms with E-state index in [0.29, 0.717) is 17.3 Å². The number of benzene rings is 1. The van der Waals surface area contributed by atoms with Crippen LogP contribution >= 0.6 is 0 Å². The van der Waals surface area contributed by atoms with Crippen molar-refractivity contribution in [2.45, 2.75) is 26.3 Å². The zero-order chi connectivity index (χ0) is 13.5. The molecular formula is C14H22N2O2. The summed E-state index contributed by atoms with van der Waals surface area (Å²) >= 11 is 0. The zero-order valence-electron chi connectivity index (χ0n) is 11.3. The van der Waals surface area contributed by atoms with Crippen LogP contribution in [0.5, 0.6) is 0 Å². The first-order valence-electron chi connectivity index (χ1n) is 6.32. The molecule has 1 unspecified atom stereocenters. The van der Waals surface area contributed by atoms with Gasteiger partial charge in [-0.15, -0.1) is 0 Å². The molecule has 0 aliphatic heterocycles. The van der Waals surface area contributed by atoms with Gasteiger partial charge in [0.25, 0.3) is 0 Å². The molecule has 100 valence electrons. The molecule has 0 aromatic heterocycles. The van der Waals surface area contributed by atoms with E-state index < -0.39 is 5.97 Å². The SMILES string of the molecule is CCC(C)N(C)CCNc1ccccc1C(=O)O. The summed E-state index contributed by atoms with van der Waals surface area (Å²) in [5.41, 5.74) is 1.01. The lowest BCUT2D eigenvalue weighted by atomic mass is 10.2. The van der Waals surface area contributed by atoms with Crippen LogP contribution in [0.15, 0.2) is 24.3 Å². The number of hydrogen-bond acceptors (Lipinski definition) is 3. The van der Waals surface area contributed by atoms with E-state index in [1.54, 1.807) is 18.2 Å². The van der Waals surface area contributed by atoms with Crippen molar-refractivity contribution >= 4 is 11.7 Å². The lowest BCUT2D eigenvalue weighted by molar-refractivity contribution is 0.0698. The minimum absolute atomic E-state index is 0.323. The average molecular weight is 250 g/mol. The Morgan fingerprint density at radius 1 is 1.44 bits per heavy atom. The highest BCUT2D eigenvalue weighted by Crippen LogP contribution is 2.14. The maximum Gasteiger partial charge on any atom is 0.337 e. The van der Waals surface area contributed by atoms with Crippen LogP contribution in [-0.2, 0) is 0 Å². The molecule has 0 saturated heterocycles. The Balaban J connectivity index is 2.51. The first kappa shape index (κ1) is 14.5. The molecule has 0 saturated carbocycles. The Morgan fingerprint density at radius 3 is 2.72 bits per heavy atom. The second-order valence-electron chi connectivity index (χ2n) is 4.52. The van der Waals surface area contributed by atoms with Crippen molar-refractivity contribution in [3.8, 4) is 0 Å². The second kappa shape index (κ2) is 7.01. The molecule has 4 nitrogen and oxygen atoms in total. The Bertz CT molecular complexity index is 393. The van der Waals surface area contributed by atoms with Crippen LogP contribution in [0, 0.1) is 0 Å². The summed E-state index contributed by atoms with van der Waals surface area (Å²) in [7, 11) is 2.08. The van der Waals surface area contributed by atoms with E-state index in [2.05, 4.69) is 31.1 Å². The smallest absolute Gasteiger partial charge is 0.337 e. The molecule has 1 aromatic carbocycles. The van der Waals surface area contributed by atoms with Crippen molar-refractivity contribution < 1.29 is 9.90 Å². The summed E-state index contributed by atoms with van der Waals surface area (Å²) in [6.07, 6.45) is 1.11. The number of nitrogens with zero attached hydrogens (tertiary/aromatic N) is 1. The van der Waals surface area contributed by atoms with Gasteiger partial charge in [0.1, 0.15) is 0 Å². The predicted octanol–water partition coefficient (Wildman–Crippen LogP) is 2.53. The van der Waals surface area contributed by atoms with Crippen LogP contribution in [0.25, 0.3) is 0 Å². The minimum atomic E-state index is -0.895. The third-order valence-electron chi connectivity index (χ3n) is 3.28. The molecule has 0 aliphatic rings. The second-order valence-corrected chi connectivity index (χ2v) is 4.52. The molecular weight excluding hydrogens is 228 g/mol. The third kappa shape index (κ3) is 4.04. The fourth-order valence-electron chi connectivity index (χ4n) is 1.72. The van der Waals surface area contributed by atoms with Crippen LogP contribution in [0.4, 0.5) is 5.69 Å². The van der Waals surface area contributed by atoms with Crippen LogP contribution in [0.1, 0.15) is 30.6 Å². The van der Waals surface area contributed by atoms with Gasteiger partial charge in [-0.3, -0.25) is 0 Å². The highest BCUT2D eigenvalue weighted by Gasteiger charge is 2.09. The third-order valence-corrected chi connectivity index (χ3v) is 3.28. The fourth-order valence-corrected chi connectivity index (χ4v) is 1.72. The van der Waals surface area contributed by atoms with E-state index >= 15 is 0 Å². The van der Waals surface area contributed by atoms with Gasteiger partial charge in [-0.2, -0.15) is 0 Å². The largest absolute Gasteiger partial charge is 0.478 e. The lowest BCUT2D eigenvalue weighted by Crippen LogP contribution is -2.32. The Morgan fingerprint density at radius 2 is 2.11 bits per heavy atom. The summed E-state index contributed by atoms with van der Waals surface area (Å²) in [6.45, 7) is 5.98. The van der Waals surface area contributed by atoms with Gasteiger partial charge in [-0.25, -0.2) is 4.79 Å².